The van der Waals surface area contributed by atoms with Crippen LogP contribution in [0, 0.1) is 5.41 Å². The van der Waals surface area contributed by atoms with E-state index in [1.807, 2.05) is 33.8 Å². The fraction of sp³-hybridized carbons (Fsp3) is 0.545. The molecule has 1 amide bonds. The number of nitrogens with zero attached hydrogens (tertiary/aromatic N) is 3. The zero-order valence-electron chi connectivity index (χ0n) is 18.0. The van der Waals surface area contributed by atoms with E-state index in [0.29, 0.717) is 23.4 Å². The van der Waals surface area contributed by atoms with Gasteiger partial charge in [0.2, 0.25) is 10.0 Å². The predicted octanol–water partition coefficient (Wildman–Crippen LogP) is 3.64. The Labute approximate surface area is 178 Å². The number of fused-ring (bicyclic) bond motifs is 1. The molecule has 2 fully saturated rings. The number of carbonyl (C=O) groups excluding carboxylic acids is 1. The highest BCUT2D eigenvalue weighted by Gasteiger charge is 2.60. The number of hydrogen-bond acceptors (Lipinski definition) is 5. The molecule has 4 rings (SSSR count). The summed E-state index contributed by atoms with van der Waals surface area (Å²) < 4.78 is 34.3. The molecule has 162 valence electrons. The van der Waals surface area contributed by atoms with Gasteiger partial charge in [0, 0.05) is 48.2 Å². The van der Waals surface area contributed by atoms with Crippen LogP contribution in [0.2, 0.25) is 0 Å². The highest BCUT2D eigenvalue weighted by molar-refractivity contribution is 7.89. The Hall–Kier alpha value is -2.19. The summed E-state index contributed by atoms with van der Waals surface area (Å²) in [5.41, 5.74) is -0.769. The third kappa shape index (κ3) is 3.67. The van der Waals surface area contributed by atoms with Gasteiger partial charge in [0.1, 0.15) is 5.60 Å². The summed E-state index contributed by atoms with van der Waals surface area (Å²) in [4.78, 5) is 18.9. The van der Waals surface area contributed by atoms with Crippen LogP contribution >= 0.6 is 0 Å². The number of aromatic nitrogens is 1. The quantitative estimate of drug-likeness (QED) is 0.738. The van der Waals surface area contributed by atoms with Crippen molar-refractivity contribution in [1.29, 1.82) is 0 Å². The zero-order chi connectivity index (χ0) is 21.7. The number of amides is 1. The minimum atomic E-state index is -3.71. The van der Waals surface area contributed by atoms with Crippen LogP contribution in [-0.2, 0) is 14.8 Å². The van der Waals surface area contributed by atoms with E-state index < -0.39 is 15.6 Å². The molecule has 2 aliphatic rings. The van der Waals surface area contributed by atoms with Crippen LogP contribution in [-0.4, -0.2) is 60.0 Å². The van der Waals surface area contributed by atoms with Crippen molar-refractivity contribution in [1.82, 2.24) is 14.2 Å². The SMILES string of the molecule is CCN(C(=O)OC(C)(C)C)C1CN(S(=O)(=O)c2cccc3cnccc23)CC12CC2. The van der Waals surface area contributed by atoms with Crippen molar-refractivity contribution in [3.05, 3.63) is 36.7 Å². The van der Waals surface area contributed by atoms with E-state index in [0.717, 1.165) is 18.2 Å². The summed E-state index contributed by atoms with van der Waals surface area (Å²) in [6.07, 6.45) is 4.74. The Morgan fingerprint density at radius 2 is 2.03 bits per heavy atom. The fourth-order valence-corrected chi connectivity index (χ4v) is 6.18. The molecule has 30 heavy (non-hydrogen) atoms. The molecule has 1 atom stereocenters. The van der Waals surface area contributed by atoms with Crippen molar-refractivity contribution >= 4 is 26.9 Å². The Balaban J connectivity index is 1.65. The summed E-state index contributed by atoms with van der Waals surface area (Å²) in [6, 6.07) is 6.81. The van der Waals surface area contributed by atoms with Crippen molar-refractivity contribution in [3.8, 4) is 0 Å². The minimum Gasteiger partial charge on any atom is -0.444 e. The van der Waals surface area contributed by atoms with Gasteiger partial charge in [-0.2, -0.15) is 4.31 Å². The fourth-order valence-electron chi connectivity index (χ4n) is 4.43. The van der Waals surface area contributed by atoms with E-state index in [2.05, 4.69) is 4.98 Å². The van der Waals surface area contributed by atoms with Crippen molar-refractivity contribution in [2.45, 2.75) is 57.1 Å². The van der Waals surface area contributed by atoms with Gasteiger partial charge < -0.3 is 9.64 Å². The van der Waals surface area contributed by atoms with Gasteiger partial charge in [-0.1, -0.05) is 12.1 Å². The number of benzene rings is 1. The largest absolute Gasteiger partial charge is 0.444 e. The Bertz CT molecular complexity index is 1070. The third-order valence-corrected chi connectivity index (χ3v) is 7.94. The lowest BCUT2D eigenvalue weighted by Crippen LogP contribution is -2.47. The average Bonchev–Trinajstić information content (AvgIpc) is 3.35. The number of rotatable bonds is 4. The van der Waals surface area contributed by atoms with E-state index in [1.54, 1.807) is 39.8 Å². The van der Waals surface area contributed by atoms with Gasteiger partial charge in [-0.25, -0.2) is 13.2 Å². The maximum absolute atomic E-state index is 13.6. The van der Waals surface area contributed by atoms with Gasteiger partial charge in [-0.3, -0.25) is 4.98 Å². The van der Waals surface area contributed by atoms with E-state index in [1.165, 1.54) is 0 Å². The smallest absolute Gasteiger partial charge is 0.410 e. The van der Waals surface area contributed by atoms with Crippen LogP contribution in [0.4, 0.5) is 4.79 Å². The molecule has 1 aliphatic heterocycles. The highest BCUT2D eigenvalue weighted by atomic mass is 32.2. The number of likely N-dealkylation sites (N-methyl/N-ethyl adjacent to an activating group) is 1. The van der Waals surface area contributed by atoms with Crippen LogP contribution in [0.1, 0.15) is 40.5 Å². The standard InChI is InChI=1S/C22H29N3O4S/c1-5-25(20(26)29-21(2,3)4)19-14-24(15-22(19)10-11-22)30(27,28)18-8-6-7-16-13-23-12-9-17(16)18/h6-9,12-13,19H,5,10-11,14-15H2,1-4H3. The molecular formula is C22H29N3O4S. The molecule has 7 nitrogen and oxygen atoms in total. The van der Waals surface area contributed by atoms with Gasteiger partial charge >= 0.3 is 6.09 Å². The summed E-state index contributed by atoms with van der Waals surface area (Å²) >= 11 is 0. The van der Waals surface area contributed by atoms with Crippen LogP contribution < -0.4 is 0 Å². The minimum absolute atomic E-state index is 0.174. The summed E-state index contributed by atoms with van der Waals surface area (Å²) in [5.74, 6) is 0. The summed E-state index contributed by atoms with van der Waals surface area (Å²) in [6.45, 7) is 8.63. The second-order valence-electron chi connectivity index (χ2n) is 9.30. The van der Waals surface area contributed by atoms with E-state index in [4.69, 9.17) is 4.74 Å². The summed E-state index contributed by atoms with van der Waals surface area (Å²) in [5, 5.41) is 1.46. The van der Waals surface area contributed by atoms with Crippen molar-refractivity contribution in [3.63, 3.8) is 0 Å². The molecule has 1 saturated carbocycles. The summed E-state index contributed by atoms with van der Waals surface area (Å²) in [7, 11) is -3.71. The number of pyridine rings is 1. The first-order valence-electron chi connectivity index (χ1n) is 10.4. The molecule has 8 heteroatoms. The average molecular weight is 432 g/mol. The highest BCUT2D eigenvalue weighted by Crippen LogP contribution is 2.55. The topological polar surface area (TPSA) is 79.8 Å². The molecule has 1 aliphatic carbocycles. The first-order chi connectivity index (χ1) is 14.1. The molecular weight excluding hydrogens is 402 g/mol. The van der Waals surface area contributed by atoms with Crippen LogP contribution in [0.15, 0.2) is 41.6 Å². The van der Waals surface area contributed by atoms with Crippen LogP contribution in [0.3, 0.4) is 0 Å². The van der Waals surface area contributed by atoms with Crippen molar-refractivity contribution in [2.75, 3.05) is 19.6 Å². The molecule has 0 radical (unpaired) electrons. The van der Waals surface area contributed by atoms with Crippen LogP contribution in [0.25, 0.3) is 10.8 Å². The Kier molecular flexibility index (Phi) is 5.05. The maximum Gasteiger partial charge on any atom is 0.410 e. The first-order valence-corrected chi connectivity index (χ1v) is 11.8. The molecule has 2 aromatic rings. The number of sulfonamides is 1. The Morgan fingerprint density at radius 3 is 2.67 bits per heavy atom. The molecule has 0 bridgehead atoms. The molecule has 1 unspecified atom stereocenters. The number of ether oxygens (including phenoxy) is 1. The van der Waals surface area contributed by atoms with E-state index in [-0.39, 0.29) is 24.1 Å². The Morgan fingerprint density at radius 1 is 1.30 bits per heavy atom. The molecule has 1 aromatic heterocycles. The molecule has 1 saturated heterocycles. The van der Waals surface area contributed by atoms with Gasteiger partial charge in [-0.15, -0.1) is 0 Å². The van der Waals surface area contributed by atoms with Gasteiger partial charge in [-0.05, 0) is 52.7 Å². The number of hydrogen-bond donors (Lipinski definition) is 0. The van der Waals surface area contributed by atoms with Crippen molar-refractivity contribution in [2.24, 2.45) is 5.41 Å². The van der Waals surface area contributed by atoms with Gasteiger partial charge in [0.15, 0.2) is 0 Å². The van der Waals surface area contributed by atoms with Crippen LogP contribution in [0.5, 0.6) is 0 Å². The normalized spacial score (nSPS) is 21.1. The lowest BCUT2D eigenvalue weighted by atomic mass is 9.99. The maximum atomic E-state index is 13.6. The first kappa shape index (κ1) is 21.1. The second-order valence-corrected chi connectivity index (χ2v) is 11.2. The lowest BCUT2D eigenvalue weighted by Gasteiger charge is -2.33. The third-order valence-electron chi connectivity index (χ3n) is 6.07. The lowest BCUT2D eigenvalue weighted by molar-refractivity contribution is 0.0133. The molecule has 1 spiro atoms. The van der Waals surface area contributed by atoms with E-state index >= 15 is 0 Å². The zero-order valence-corrected chi connectivity index (χ0v) is 18.8. The van der Waals surface area contributed by atoms with E-state index in [9.17, 15) is 13.2 Å². The molecule has 1 aromatic carbocycles. The number of carbonyl (C=O) groups is 1. The van der Waals surface area contributed by atoms with Gasteiger partial charge in [0.05, 0.1) is 10.9 Å². The molecule has 0 N–H and O–H groups in total. The predicted molar refractivity (Wildman–Crippen MR) is 115 cm³/mol. The van der Waals surface area contributed by atoms with Gasteiger partial charge in [0.25, 0.3) is 0 Å². The second kappa shape index (κ2) is 7.20. The van der Waals surface area contributed by atoms with Crippen molar-refractivity contribution < 1.29 is 17.9 Å². The molecule has 2 heterocycles. The monoisotopic (exact) mass is 431 g/mol.